The first kappa shape index (κ1) is 20.4. The molecule has 3 aromatic rings. The zero-order valence-electron chi connectivity index (χ0n) is 16.8. The van der Waals surface area contributed by atoms with E-state index in [1.165, 1.54) is 13.0 Å². The molecule has 2 aromatic heterocycles. The Kier molecular flexibility index (Phi) is 5.27. The van der Waals surface area contributed by atoms with Crippen LogP contribution >= 0.6 is 0 Å². The van der Waals surface area contributed by atoms with Gasteiger partial charge in [-0.2, -0.15) is 13.2 Å². The van der Waals surface area contributed by atoms with Crippen LogP contribution in [0.4, 0.5) is 18.9 Å². The van der Waals surface area contributed by atoms with Crippen LogP contribution < -0.4 is 10.3 Å². The largest absolute Gasteiger partial charge is 0.416 e. The molecule has 8 heteroatoms. The molecule has 0 aliphatic carbocycles. The van der Waals surface area contributed by atoms with Crippen LogP contribution in [0.1, 0.15) is 22.3 Å². The zero-order valence-corrected chi connectivity index (χ0v) is 16.8. The molecule has 1 aliphatic rings. The minimum absolute atomic E-state index is 0.171. The van der Waals surface area contributed by atoms with Gasteiger partial charge in [0.05, 0.1) is 36.2 Å². The Morgan fingerprint density at radius 3 is 2.60 bits per heavy atom. The SMILES string of the molecule is Cc1c(Cn2cc(C)c(=O)c3ncc(N4CCOCC4)cc32)cccc1C(F)(F)F. The maximum atomic E-state index is 13.3. The highest BCUT2D eigenvalue weighted by atomic mass is 19.4. The Morgan fingerprint density at radius 2 is 1.90 bits per heavy atom. The van der Waals surface area contributed by atoms with E-state index >= 15 is 0 Å². The Hall–Kier alpha value is -2.87. The fourth-order valence-electron chi connectivity index (χ4n) is 3.86. The molecule has 1 aliphatic heterocycles. The number of anilines is 1. The summed E-state index contributed by atoms with van der Waals surface area (Å²) in [4.78, 5) is 19.1. The second-order valence-electron chi connectivity index (χ2n) is 7.52. The first-order valence-corrected chi connectivity index (χ1v) is 9.74. The number of fused-ring (bicyclic) bond motifs is 1. The summed E-state index contributed by atoms with van der Waals surface area (Å²) in [6.07, 6.45) is -1.05. The van der Waals surface area contributed by atoms with Crippen LogP contribution in [0.5, 0.6) is 0 Å². The van der Waals surface area contributed by atoms with Crippen molar-refractivity contribution < 1.29 is 17.9 Å². The van der Waals surface area contributed by atoms with Crippen LogP contribution in [0.25, 0.3) is 11.0 Å². The van der Waals surface area contributed by atoms with E-state index in [0.717, 1.165) is 24.8 Å². The van der Waals surface area contributed by atoms with Gasteiger partial charge in [-0.25, -0.2) is 4.98 Å². The van der Waals surface area contributed by atoms with Crippen LogP contribution in [0, 0.1) is 13.8 Å². The van der Waals surface area contributed by atoms with Crippen molar-refractivity contribution >= 4 is 16.7 Å². The predicted molar refractivity (Wildman–Crippen MR) is 109 cm³/mol. The third kappa shape index (κ3) is 3.79. The highest BCUT2D eigenvalue weighted by molar-refractivity contribution is 5.79. The Labute approximate surface area is 171 Å². The highest BCUT2D eigenvalue weighted by Crippen LogP contribution is 2.33. The number of ether oxygens (including phenoxy) is 1. The van der Waals surface area contributed by atoms with E-state index in [0.29, 0.717) is 35.4 Å². The summed E-state index contributed by atoms with van der Waals surface area (Å²) in [6, 6.07) is 6.08. The summed E-state index contributed by atoms with van der Waals surface area (Å²) in [5.41, 5.74) is 2.20. The Morgan fingerprint density at radius 1 is 1.17 bits per heavy atom. The van der Waals surface area contributed by atoms with Gasteiger partial charge in [0.15, 0.2) is 0 Å². The molecule has 0 N–H and O–H groups in total. The molecule has 30 heavy (non-hydrogen) atoms. The van der Waals surface area contributed by atoms with Crippen molar-refractivity contribution in [1.29, 1.82) is 0 Å². The van der Waals surface area contributed by atoms with E-state index in [9.17, 15) is 18.0 Å². The molecule has 5 nitrogen and oxygen atoms in total. The summed E-state index contributed by atoms with van der Waals surface area (Å²) in [5, 5.41) is 0. The number of hydrogen-bond donors (Lipinski definition) is 0. The van der Waals surface area contributed by atoms with E-state index in [-0.39, 0.29) is 17.5 Å². The lowest BCUT2D eigenvalue weighted by molar-refractivity contribution is -0.138. The van der Waals surface area contributed by atoms with Crippen LogP contribution in [-0.4, -0.2) is 35.9 Å². The van der Waals surface area contributed by atoms with Crippen LogP contribution in [-0.2, 0) is 17.5 Å². The Bertz CT molecular complexity index is 1150. The van der Waals surface area contributed by atoms with Crippen molar-refractivity contribution in [2.75, 3.05) is 31.2 Å². The van der Waals surface area contributed by atoms with Gasteiger partial charge in [-0.05, 0) is 37.1 Å². The van der Waals surface area contributed by atoms with E-state index in [2.05, 4.69) is 9.88 Å². The number of morpholine rings is 1. The Balaban J connectivity index is 1.82. The summed E-state index contributed by atoms with van der Waals surface area (Å²) in [5.74, 6) is 0. The standard InChI is InChI=1S/C22H22F3N3O2/c1-14-12-28(13-16-4-3-5-18(15(16)2)22(23,24)25)19-10-17(11-26-20(19)21(14)29)27-6-8-30-9-7-27/h3-5,10-12H,6-9,13H2,1-2H3. The van der Waals surface area contributed by atoms with E-state index in [1.807, 2.05) is 10.6 Å². The van der Waals surface area contributed by atoms with Crippen molar-refractivity contribution in [2.45, 2.75) is 26.6 Å². The number of aromatic nitrogens is 2. The minimum atomic E-state index is -4.41. The van der Waals surface area contributed by atoms with Gasteiger partial charge in [-0.3, -0.25) is 4.79 Å². The fraction of sp³-hybridized carbons (Fsp3) is 0.364. The number of benzene rings is 1. The van der Waals surface area contributed by atoms with Crippen LogP contribution in [0.3, 0.4) is 0 Å². The summed E-state index contributed by atoms with van der Waals surface area (Å²) < 4.78 is 47.2. The quantitative estimate of drug-likeness (QED) is 0.648. The van der Waals surface area contributed by atoms with Gasteiger partial charge in [0, 0.05) is 31.4 Å². The van der Waals surface area contributed by atoms with Gasteiger partial charge >= 0.3 is 6.18 Å². The molecule has 0 radical (unpaired) electrons. The number of halogens is 3. The molecule has 0 bridgehead atoms. The maximum absolute atomic E-state index is 13.3. The lowest BCUT2D eigenvalue weighted by Crippen LogP contribution is -2.36. The van der Waals surface area contributed by atoms with Crippen molar-refractivity contribution in [1.82, 2.24) is 9.55 Å². The topological polar surface area (TPSA) is 47.4 Å². The van der Waals surface area contributed by atoms with Crippen LogP contribution in [0.15, 0.2) is 41.5 Å². The van der Waals surface area contributed by atoms with Gasteiger partial charge in [-0.15, -0.1) is 0 Å². The second-order valence-corrected chi connectivity index (χ2v) is 7.52. The number of pyridine rings is 2. The molecule has 4 rings (SSSR count). The van der Waals surface area contributed by atoms with Gasteiger partial charge in [0.25, 0.3) is 0 Å². The number of rotatable bonds is 3. The molecule has 0 saturated carbocycles. The molecular weight excluding hydrogens is 395 g/mol. The summed E-state index contributed by atoms with van der Waals surface area (Å²) in [6.45, 7) is 6.04. The monoisotopic (exact) mass is 417 g/mol. The number of hydrogen-bond acceptors (Lipinski definition) is 4. The fourth-order valence-corrected chi connectivity index (χ4v) is 3.86. The first-order valence-electron chi connectivity index (χ1n) is 9.74. The van der Waals surface area contributed by atoms with Crippen molar-refractivity contribution in [3.63, 3.8) is 0 Å². The van der Waals surface area contributed by atoms with Crippen molar-refractivity contribution in [3.05, 3.63) is 69.1 Å². The first-order chi connectivity index (χ1) is 14.3. The lowest BCUT2D eigenvalue weighted by atomic mass is 10.0. The number of aryl methyl sites for hydroxylation is 1. The molecule has 0 unspecified atom stereocenters. The lowest BCUT2D eigenvalue weighted by Gasteiger charge is -2.29. The number of alkyl halides is 3. The van der Waals surface area contributed by atoms with E-state index in [4.69, 9.17) is 4.74 Å². The molecular formula is C22H22F3N3O2. The van der Waals surface area contributed by atoms with E-state index in [1.54, 1.807) is 25.4 Å². The molecule has 0 spiro atoms. The van der Waals surface area contributed by atoms with Gasteiger partial charge in [0.2, 0.25) is 5.43 Å². The molecule has 158 valence electrons. The maximum Gasteiger partial charge on any atom is 0.416 e. The van der Waals surface area contributed by atoms with Gasteiger partial charge in [-0.1, -0.05) is 12.1 Å². The smallest absolute Gasteiger partial charge is 0.378 e. The molecule has 0 atom stereocenters. The zero-order chi connectivity index (χ0) is 21.5. The highest BCUT2D eigenvalue weighted by Gasteiger charge is 2.32. The van der Waals surface area contributed by atoms with Crippen molar-refractivity contribution in [2.24, 2.45) is 0 Å². The van der Waals surface area contributed by atoms with E-state index < -0.39 is 11.7 Å². The molecule has 0 amide bonds. The molecule has 1 saturated heterocycles. The van der Waals surface area contributed by atoms with Gasteiger partial charge in [0.1, 0.15) is 5.52 Å². The normalized spacial score (nSPS) is 15.0. The third-order valence-electron chi connectivity index (χ3n) is 5.55. The average molecular weight is 417 g/mol. The summed E-state index contributed by atoms with van der Waals surface area (Å²) in [7, 11) is 0. The molecule has 1 aromatic carbocycles. The number of nitrogens with zero attached hydrogens (tertiary/aromatic N) is 3. The second kappa shape index (κ2) is 7.75. The summed E-state index contributed by atoms with van der Waals surface area (Å²) >= 11 is 0. The molecule has 1 fully saturated rings. The minimum Gasteiger partial charge on any atom is -0.378 e. The molecule has 3 heterocycles. The third-order valence-corrected chi connectivity index (χ3v) is 5.55. The van der Waals surface area contributed by atoms with Gasteiger partial charge < -0.3 is 14.2 Å². The van der Waals surface area contributed by atoms with Crippen molar-refractivity contribution in [3.8, 4) is 0 Å². The predicted octanol–water partition coefficient (Wildman–Crippen LogP) is 3.92. The van der Waals surface area contributed by atoms with Crippen LogP contribution in [0.2, 0.25) is 0 Å². The average Bonchev–Trinajstić information content (AvgIpc) is 2.72.